The number of sulfonamides is 1. The third kappa shape index (κ3) is 7.32. The molecule has 0 radical (unpaired) electrons. The predicted octanol–water partition coefficient (Wildman–Crippen LogP) is 3.40. The number of carbonyl (C=O) groups excluding carboxylic acids is 2. The molecule has 2 aromatic rings. The van der Waals surface area contributed by atoms with Gasteiger partial charge in [-0.2, -0.15) is 0 Å². The molecule has 0 heterocycles. The van der Waals surface area contributed by atoms with E-state index in [0.717, 1.165) is 27.3 Å². The average molecular weight is 474 g/mol. The molecular weight excluding hydrogens is 438 g/mol. The first-order valence-corrected chi connectivity index (χ1v) is 13.0. The van der Waals surface area contributed by atoms with Gasteiger partial charge in [0.25, 0.3) is 0 Å². The van der Waals surface area contributed by atoms with E-state index in [1.54, 1.807) is 12.1 Å². The van der Waals surface area contributed by atoms with Crippen LogP contribution in [0.2, 0.25) is 0 Å². The summed E-state index contributed by atoms with van der Waals surface area (Å²) in [5.74, 6) is -0.692. The molecule has 0 aliphatic heterocycles. The second-order valence-corrected chi connectivity index (χ2v) is 10.5. The molecule has 0 unspecified atom stereocenters. The zero-order valence-corrected chi connectivity index (χ0v) is 21.1. The summed E-state index contributed by atoms with van der Waals surface area (Å²) >= 11 is 0. The summed E-state index contributed by atoms with van der Waals surface area (Å²) in [7, 11) is -3.74. The van der Waals surface area contributed by atoms with Crippen molar-refractivity contribution in [1.29, 1.82) is 0 Å². The van der Waals surface area contributed by atoms with Gasteiger partial charge in [-0.05, 0) is 62.9 Å². The Morgan fingerprint density at radius 1 is 1.00 bits per heavy atom. The molecule has 0 aliphatic carbocycles. The van der Waals surface area contributed by atoms with Gasteiger partial charge in [-0.1, -0.05) is 43.3 Å². The highest BCUT2D eigenvalue weighted by Crippen LogP contribution is 2.22. The van der Waals surface area contributed by atoms with Crippen molar-refractivity contribution < 1.29 is 18.0 Å². The minimum absolute atomic E-state index is 0.0803. The molecule has 0 spiro atoms. The Labute approximate surface area is 197 Å². The summed E-state index contributed by atoms with van der Waals surface area (Å²) in [4.78, 5) is 28.0. The fourth-order valence-corrected chi connectivity index (χ4v) is 4.42. The lowest BCUT2D eigenvalue weighted by molar-refractivity contribution is -0.140. The van der Waals surface area contributed by atoms with Crippen molar-refractivity contribution in [2.75, 3.05) is 17.1 Å². The maximum absolute atomic E-state index is 13.6. The maximum atomic E-state index is 13.6. The lowest BCUT2D eigenvalue weighted by Crippen LogP contribution is -2.53. The SMILES string of the molecule is CC[C@H](C(=O)NC(C)C)N(Cc1ccccc1)C(=O)CN(c1ccc(C)c(C)c1)S(C)(=O)=O. The summed E-state index contributed by atoms with van der Waals surface area (Å²) in [6.45, 7) is 9.21. The van der Waals surface area contributed by atoms with Gasteiger partial charge in [-0.25, -0.2) is 8.42 Å². The Bertz CT molecular complexity index is 1070. The van der Waals surface area contributed by atoms with Crippen LogP contribution < -0.4 is 9.62 Å². The molecule has 0 bridgehead atoms. The highest BCUT2D eigenvalue weighted by Gasteiger charge is 2.32. The molecule has 33 heavy (non-hydrogen) atoms. The highest BCUT2D eigenvalue weighted by atomic mass is 32.2. The second-order valence-electron chi connectivity index (χ2n) is 8.63. The largest absolute Gasteiger partial charge is 0.352 e. The van der Waals surface area contributed by atoms with E-state index in [9.17, 15) is 18.0 Å². The quantitative estimate of drug-likeness (QED) is 0.573. The molecule has 0 aromatic heterocycles. The molecule has 1 atom stereocenters. The van der Waals surface area contributed by atoms with Crippen LogP contribution in [0.5, 0.6) is 0 Å². The minimum atomic E-state index is -3.74. The fraction of sp³-hybridized carbons (Fsp3) is 0.440. The molecule has 2 aromatic carbocycles. The smallest absolute Gasteiger partial charge is 0.244 e. The topological polar surface area (TPSA) is 86.8 Å². The number of hydrogen-bond acceptors (Lipinski definition) is 4. The minimum Gasteiger partial charge on any atom is -0.352 e. The number of anilines is 1. The van der Waals surface area contributed by atoms with Crippen molar-refractivity contribution >= 4 is 27.5 Å². The standard InChI is InChI=1S/C25H35N3O4S/c1-7-23(25(30)26-18(2)3)27(16-21-11-9-8-10-12-21)24(29)17-28(33(6,31)32)22-14-13-19(4)20(5)15-22/h8-15,18,23H,7,16-17H2,1-6H3,(H,26,30)/t23-/m1/s1. The van der Waals surface area contributed by atoms with Crippen molar-refractivity contribution in [3.8, 4) is 0 Å². The number of benzene rings is 2. The number of amides is 2. The van der Waals surface area contributed by atoms with Crippen LogP contribution in [-0.4, -0.2) is 50.0 Å². The van der Waals surface area contributed by atoms with Gasteiger partial charge in [0.2, 0.25) is 21.8 Å². The third-order valence-corrected chi connectivity index (χ3v) is 6.61. The summed E-state index contributed by atoms with van der Waals surface area (Å²) in [5, 5.41) is 2.88. The maximum Gasteiger partial charge on any atom is 0.244 e. The van der Waals surface area contributed by atoms with E-state index < -0.39 is 22.0 Å². The fourth-order valence-electron chi connectivity index (χ4n) is 3.57. The van der Waals surface area contributed by atoms with Crippen LogP contribution in [0.25, 0.3) is 0 Å². The molecule has 0 saturated heterocycles. The second kappa shape index (κ2) is 11.3. The molecule has 1 N–H and O–H groups in total. The van der Waals surface area contributed by atoms with Gasteiger partial charge in [-0.3, -0.25) is 13.9 Å². The number of nitrogens with one attached hydrogen (secondary N) is 1. The van der Waals surface area contributed by atoms with Crippen LogP contribution in [0.1, 0.15) is 43.9 Å². The average Bonchev–Trinajstić information content (AvgIpc) is 2.73. The zero-order chi connectivity index (χ0) is 24.8. The Kier molecular flexibility index (Phi) is 9.05. The van der Waals surface area contributed by atoms with E-state index in [0.29, 0.717) is 12.1 Å². The molecule has 0 fully saturated rings. The van der Waals surface area contributed by atoms with E-state index in [2.05, 4.69) is 5.32 Å². The van der Waals surface area contributed by atoms with E-state index in [1.165, 1.54) is 4.90 Å². The van der Waals surface area contributed by atoms with E-state index in [-0.39, 0.29) is 25.0 Å². The van der Waals surface area contributed by atoms with E-state index >= 15 is 0 Å². The first-order chi connectivity index (χ1) is 15.4. The predicted molar refractivity (Wildman–Crippen MR) is 132 cm³/mol. The Morgan fingerprint density at radius 2 is 1.64 bits per heavy atom. The molecule has 0 saturated carbocycles. The van der Waals surface area contributed by atoms with Crippen molar-refractivity contribution in [3.05, 3.63) is 65.2 Å². The summed E-state index contributed by atoms with van der Waals surface area (Å²) in [6.07, 6.45) is 1.49. The third-order valence-electron chi connectivity index (χ3n) is 5.47. The summed E-state index contributed by atoms with van der Waals surface area (Å²) in [6, 6.07) is 13.9. The Morgan fingerprint density at radius 3 is 2.15 bits per heavy atom. The van der Waals surface area contributed by atoms with Crippen LogP contribution in [0, 0.1) is 13.8 Å². The molecule has 2 rings (SSSR count). The Balaban J connectivity index is 2.43. The van der Waals surface area contributed by atoms with Gasteiger partial charge in [0, 0.05) is 12.6 Å². The number of hydrogen-bond donors (Lipinski definition) is 1. The molecule has 2 amide bonds. The summed E-state index contributed by atoms with van der Waals surface area (Å²) < 4.78 is 26.4. The zero-order valence-electron chi connectivity index (χ0n) is 20.3. The first kappa shape index (κ1) is 26.4. The van der Waals surface area contributed by atoms with Crippen molar-refractivity contribution in [3.63, 3.8) is 0 Å². The molecular formula is C25H35N3O4S. The number of aryl methyl sites for hydroxylation is 2. The van der Waals surface area contributed by atoms with Crippen LogP contribution >= 0.6 is 0 Å². The van der Waals surface area contributed by atoms with E-state index in [1.807, 2.05) is 71.0 Å². The van der Waals surface area contributed by atoms with Gasteiger partial charge >= 0.3 is 0 Å². The molecule has 180 valence electrons. The number of rotatable bonds is 10. The van der Waals surface area contributed by atoms with Crippen LogP contribution in [0.3, 0.4) is 0 Å². The first-order valence-electron chi connectivity index (χ1n) is 11.1. The van der Waals surface area contributed by atoms with Crippen molar-refractivity contribution in [1.82, 2.24) is 10.2 Å². The van der Waals surface area contributed by atoms with Crippen LogP contribution in [0.15, 0.2) is 48.5 Å². The summed E-state index contributed by atoms with van der Waals surface area (Å²) in [5.41, 5.74) is 3.24. The van der Waals surface area contributed by atoms with Crippen LogP contribution in [-0.2, 0) is 26.2 Å². The van der Waals surface area contributed by atoms with Gasteiger partial charge in [0.05, 0.1) is 11.9 Å². The van der Waals surface area contributed by atoms with E-state index in [4.69, 9.17) is 0 Å². The van der Waals surface area contributed by atoms with Crippen LogP contribution in [0.4, 0.5) is 5.69 Å². The van der Waals surface area contributed by atoms with Crippen molar-refractivity contribution in [2.24, 2.45) is 0 Å². The molecule has 8 heteroatoms. The normalized spacial score (nSPS) is 12.3. The molecule has 7 nitrogen and oxygen atoms in total. The number of carbonyl (C=O) groups is 2. The van der Waals surface area contributed by atoms with Gasteiger partial charge in [0.1, 0.15) is 12.6 Å². The lowest BCUT2D eigenvalue weighted by atomic mass is 10.1. The van der Waals surface area contributed by atoms with Gasteiger partial charge < -0.3 is 10.2 Å². The monoisotopic (exact) mass is 473 g/mol. The lowest BCUT2D eigenvalue weighted by Gasteiger charge is -2.33. The Hall–Kier alpha value is -2.87. The van der Waals surface area contributed by atoms with Gasteiger partial charge in [-0.15, -0.1) is 0 Å². The van der Waals surface area contributed by atoms with Crippen molar-refractivity contribution in [2.45, 2.75) is 59.7 Å². The number of nitrogens with zero attached hydrogens (tertiary/aromatic N) is 2. The molecule has 0 aliphatic rings. The van der Waals surface area contributed by atoms with Gasteiger partial charge in [0.15, 0.2) is 0 Å². The highest BCUT2D eigenvalue weighted by molar-refractivity contribution is 7.92.